The Morgan fingerprint density at radius 1 is 0.938 bits per heavy atom. The van der Waals surface area contributed by atoms with Crippen molar-refractivity contribution in [1.82, 2.24) is 4.90 Å². The van der Waals surface area contributed by atoms with Gasteiger partial charge in [-0.05, 0) is 67.3 Å². The lowest BCUT2D eigenvalue weighted by atomic mass is 9.97. The van der Waals surface area contributed by atoms with Crippen molar-refractivity contribution in [3.05, 3.63) is 115 Å². The smallest absolute Gasteiger partial charge is 0.291 e. The number of hydrogen-bond acceptors (Lipinski definition) is 3. The van der Waals surface area contributed by atoms with Crippen LogP contribution in [0, 0.1) is 20.8 Å². The van der Waals surface area contributed by atoms with Gasteiger partial charge < -0.3 is 9.32 Å². The summed E-state index contributed by atoms with van der Waals surface area (Å²) in [5, 5.41) is 1.04. The minimum Gasteiger partial charge on any atom is -0.450 e. The molecule has 0 bridgehead atoms. The number of rotatable bonds is 3. The van der Waals surface area contributed by atoms with Gasteiger partial charge in [0.1, 0.15) is 5.58 Å². The van der Waals surface area contributed by atoms with E-state index in [9.17, 15) is 9.59 Å². The van der Waals surface area contributed by atoms with Crippen LogP contribution in [0.15, 0.2) is 69.9 Å². The first-order valence-electron chi connectivity index (χ1n) is 10.5. The van der Waals surface area contributed by atoms with E-state index in [-0.39, 0.29) is 17.1 Å². The third-order valence-electron chi connectivity index (χ3n) is 6.22. The average molecular weight is 444 g/mol. The van der Waals surface area contributed by atoms with Crippen LogP contribution in [-0.4, -0.2) is 10.8 Å². The van der Waals surface area contributed by atoms with Crippen molar-refractivity contribution in [3.8, 4) is 0 Å². The molecule has 3 aromatic carbocycles. The van der Waals surface area contributed by atoms with Crippen LogP contribution in [0.3, 0.4) is 0 Å². The summed E-state index contributed by atoms with van der Waals surface area (Å²) in [7, 11) is 0. The molecule has 32 heavy (non-hydrogen) atoms. The normalized spacial score (nSPS) is 15.4. The number of hydrogen-bond donors (Lipinski definition) is 0. The maximum absolute atomic E-state index is 13.7. The van der Waals surface area contributed by atoms with Gasteiger partial charge in [0.05, 0.1) is 17.0 Å². The van der Waals surface area contributed by atoms with E-state index < -0.39 is 6.04 Å². The Morgan fingerprint density at radius 2 is 1.66 bits per heavy atom. The van der Waals surface area contributed by atoms with Gasteiger partial charge >= 0.3 is 0 Å². The molecule has 4 aromatic rings. The van der Waals surface area contributed by atoms with E-state index in [1.54, 1.807) is 17.0 Å². The molecule has 5 rings (SSSR count). The van der Waals surface area contributed by atoms with E-state index in [1.807, 2.05) is 69.3 Å². The van der Waals surface area contributed by atoms with Crippen molar-refractivity contribution in [2.75, 3.05) is 0 Å². The molecule has 0 aliphatic carbocycles. The Kier molecular flexibility index (Phi) is 4.90. The lowest BCUT2D eigenvalue weighted by Gasteiger charge is -2.25. The zero-order valence-electron chi connectivity index (χ0n) is 18.1. The molecule has 0 saturated carbocycles. The van der Waals surface area contributed by atoms with E-state index in [1.165, 1.54) is 0 Å². The molecule has 0 spiro atoms. The molecule has 0 fully saturated rings. The molecule has 4 nitrogen and oxygen atoms in total. The van der Waals surface area contributed by atoms with Crippen LogP contribution in [-0.2, 0) is 6.54 Å². The molecule has 1 aliphatic heterocycles. The van der Waals surface area contributed by atoms with E-state index in [4.69, 9.17) is 16.0 Å². The second kappa shape index (κ2) is 7.64. The molecular formula is C27H22ClNO3. The predicted octanol–water partition coefficient (Wildman–Crippen LogP) is 6.12. The lowest BCUT2D eigenvalue weighted by molar-refractivity contribution is 0.0714. The standard InChI is InChI=1S/C27H22ClNO3/c1-15-7-9-18(10-8-15)14-29-24(19-5-4-6-20(28)13-19)23-25(30)21-11-16(2)17(3)12-22(21)32-26(23)27(29)31/h4-13,24H,14H2,1-3H3. The van der Waals surface area contributed by atoms with Crippen molar-refractivity contribution in [1.29, 1.82) is 0 Å². The molecule has 1 aromatic heterocycles. The Bertz CT molecular complexity index is 1440. The first-order valence-corrected chi connectivity index (χ1v) is 10.9. The molecular weight excluding hydrogens is 422 g/mol. The van der Waals surface area contributed by atoms with Crippen molar-refractivity contribution in [3.63, 3.8) is 0 Å². The Labute approximate surface area is 191 Å². The van der Waals surface area contributed by atoms with E-state index in [2.05, 4.69) is 0 Å². The molecule has 1 aliphatic rings. The summed E-state index contributed by atoms with van der Waals surface area (Å²) >= 11 is 6.28. The van der Waals surface area contributed by atoms with Crippen LogP contribution in [0.2, 0.25) is 5.02 Å². The predicted molar refractivity (Wildman–Crippen MR) is 126 cm³/mol. The number of carbonyl (C=O) groups is 1. The first-order chi connectivity index (χ1) is 15.3. The monoisotopic (exact) mass is 443 g/mol. The Hall–Kier alpha value is -3.37. The number of carbonyl (C=O) groups excluding carboxylic acids is 1. The topological polar surface area (TPSA) is 50.5 Å². The summed E-state index contributed by atoms with van der Waals surface area (Å²) < 4.78 is 6.08. The van der Waals surface area contributed by atoms with Gasteiger partial charge in [-0.2, -0.15) is 0 Å². The summed E-state index contributed by atoms with van der Waals surface area (Å²) in [4.78, 5) is 28.9. The maximum Gasteiger partial charge on any atom is 0.291 e. The summed E-state index contributed by atoms with van der Waals surface area (Å²) in [6.07, 6.45) is 0. The Balaban J connectivity index is 1.74. The minimum absolute atomic E-state index is 0.114. The number of halogens is 1. The molecule has 0 saturated heterocycles. The van der Waals surface area contributed by atoms with Crippen LogP contribution in [0.1, 0.15) is 50.0 Å². The third kappa shape index (κ3) is 3.32. The molecule has 160 valence electrons. The van der Waals surface area contributed by atoms with Gasteiger partial charge in [0.2, 0.25) is 5.76 Å². The van der Waals surface area contributed by atoms with Crippen molar-refractivity contribution in [2.24, 2.45) is 0 Å². The summed E-state index contributed by atoms with van der Waals surface area (Å²) in [6, 6.07) is 18.4. The van der Waals surface area contributed by atoms with E-state index >= 15 is 0 Å². The van der Waals surface area contributed by atoms with Crippen molar-refractivity contribution < 1.29 is 9.21 Å². The van der Waals surface area contributed by atoms with Crippen LogP contribution < -0.4 is 5.43 Å². The first kappa shape index (κ1) is 20.5. The molecule has 0 N–H and O–H groups in total. The lowest BCUT2D eigenvalue weighted by Crippen LogP contribution is -2.29. The highest BCUT2D eigenvalue weighted by Gasteiger charge is 2.42. The summed E-state index contributed by atoms with van der Waals surface area (Å²) in [5.74, 6) is -0.175. The van der Waals surface area contributed by atoms with Crippen LogP contribution in [0.25, 0.3) is 11.0 Å². The molecule has 2 heterocycles. The van der Waals surface area contributed by atoms with Crippen molar-refractivity contribution >= 4 is 28.5 Å². The number of benzene rings is 3. The van der Waals surface area contributed by atoms with Gasteiger partial charge in [-0.25, -0.2) is 0 Å². The zero-order valence-corrected chi connectivity index (χ0v) is 18.9. The quantitative estimate of drug-likeness (QED) is 0.383. The molecule has 1 atom stereocenters. The minimum atomic E-state index is -0.570. The van der Waals surface area contributed by atoms with Crippen molar-refractivity contribution in [2.45, 2.75) is 33.4 Å². The van der Waals surface area contributed by atoms with E-state index in [0.29, 0.717) is 28.1 Å². The average Bonchev–Trinajstić information content (AvgIpc) is 3.03. The fourth-order valence-electron chi connectivity index (χ4n) is 4.35. The SMILES string of the molecule is Cc1ccc(CN2C(=O)c3oc4cc(C)c(C)cc4c(=O)c3C2c2cccc(Cl)c2)cc1. The number of fused-ring (bicyclic) bond motifs is 2. The molecule has 5 heteroatoms. The van der Waals surface area contributed by atoms with Gasteiger partial charge in [0.15, 0.2) is 5.43 Å². The summed E-state index contributed by atoms with van der Waals surface area (Å²) in [5.41, 5.74) is 5.56. The highest BCUT2D eigenvalue weighted by molar-refractivity contribution is 6.30. The van der Waals surface area contributed by atoms with Gasteiger partial charge in [-0.1, -0.05) is 53.6 Å². The molecule has 1 unspecified atom stereocenters. The van der Waals surface area contributed by atoms with Gasteiger partial charge in [-0.3, -0.25) is 9.59 Å². The Morgan fingerprint density at radius 3 is 2.38 bits per heavy atom. The number of nitrogens with zero attached hydrogens (tertiary/aromatic N) is 1. The zero-order chi connectivity index (χ0) is 22.6. The van der Waals surface area contributed by atoms with Crippen LogP contribution in [0.4, 0.5) is 0 Å². The highest BCUT2D eigenvalue weighted by atomic mass is 35.5. The second-order valence-electron chi connectivity index (χ2n) is 8.48. The number of amides is 1. The van der Waals surface area contributed by atoms with E-state index in [0.717, 1.165) is 27.8 Å². The van der Waals surface area contributed by atoms with Gasteiger partial charge in [0, 0.05) is 11.6 Å². The number of aryl methyl sites for hydroxylation is 3. The van der Waals surface area contributed by atoms with Crippen LogP contribution in [0.5, 0.6) is 0 Å². The fourth-order valence-corrected chi connectivity index (χ4v) is 4.55. The third-order valence-corrected chi connectivity index (χ3v) is 6.46. The highest BCUT2D eigenvalue weighted by Crippen LogP contribution is 2.40. The molecule has 0 radical (unpaired) electrons. The largest absolute Gasteiger partial charge is 0.450 e. The second-order valence-corrected chi connectivity index (χ2v) is 8.92. The van der Waals surface area contributed by atoms with Crippen LogP contribution >= 0.6 is 11.6 Å². The van der Waals surface area contributed by atoms with Gasteiger partial charge in [0.25, 0.3) is 5.91 Å². The fraction of sp³-hybridized carbons (Fsp3) is 0.185. The molecule has 1 amide bonds. The maximum atomic E-state index is 13.7. The summed E-state index contributed by atoms with van der Waals surface area (Å²) in [6.45, 7) is 6.30. The van der Waals surface area contributed by atoms with Gasteiger partial charge in [-0.15, -0.1) is 0 Å².